The Bertz CT molecular complexity index is 287. The number of rotatable bonds is 3. The first-order valence-electron chi connectivity index (χ1n) is 7.88. The molecule has 0 aromatic carbocycles. The summed E-state index contributed by atoms with van der Waals surface area (Å²) < 4.78 is 0. The summed E-state index contributed by atoms with van der Waals surface area (Å²) in [5, 5.41) is 3.75. The van der Waals surface area contributed by atoms with Crippen molar-refractivity contribution in [2.24, 2.45) is 5.92 Å². The maximum absolute atomic E-state index is 12.3. The lowest BCUT2D eigenvalue weighted by Gasteiger charge is -2.37. The zero-order valence-corrected chi connectivity index (χ0v) is 11.4. The Kier molecular flexibility index (Phi) is 3.88. The molecule has 3 aliphatic rings. The summed E-state index contributed by atoms with van der Waals surface area (Å²) >= 11 is 0. The Morgan fingerprint density at radius 1 is 0.833 bits per heavy atom. The zero-order chi connectivity index (χ0) is 12.4. The van der Waals surface area contributed by atoms with Gasteiger partial charge in [-0.15, -0.1) is 0 Å². The van der Waals surface area contributed by atoms with Gasteiger partial charge in [0.2, 0.25) is 5.91 Å². The van der Waals surface area contributed by atoms with Crippen molar-refractivity contribution in [1.29, 1.82) is 0 Å². The van der Waals surface area contributed by atoms with Crippen LogP contribution in [-0.2, 0) is 4.79 Å². The molecule has 1 heterocycles. The third kappa shape index (κ3) is 2.71. The fourth-order valence-electron chi connectivity index (χ4n) is 3.61. The van der Waals surface area contributed by atoms with Crippen molar-refractivity contribution in [3.05, 3.63) is 0 Å². The van der Waals surface area contributed by atoms with Crippen LogP contribution in [0.5, 0.6) is 0 Å². The predicted octanol–water partition coefficient (Wildman–Crippen LogP) is 2.31. The number of hydrogen-bond donors (Lipinski definition) is 1. The minimum Gasteiger partial charge on any atom is -0.342 e. The van der Waals surface area contributed by atoms with Crippen LogP contribution in [0.3, 0.4) is 0 Å². The van der Waals surface area contributed by atoms with Gasteiger partial charge < -0.3 is 10.2 Å². The molecule has 1 amide bonds. The molecule has 3 rings (SSSR count). The van der Waals surface area contributed by atoms with Gasteiger partial charge in [-0.3, -0.25) is 4.79 Å². The molecular weight excluding hydrogens is 224 g/mol. The summed E-state index contributed by atoms with van der Waals surface area (Å²) in [6.07, 6.45) is 11.2. The summed E-state index contributed by atoms with van der Waals surface area (Å²) in [6.45, 7) is 1.97. The molecule has 0 aromatic heterocycles. The van der Waals surface area contributed by atoms with Crippen LogP contribution in [0.4, 0.5) is 0 Å². The maximum Gasteiger partial charge on any atom is 0.225 e. The molecule has 0 bridgehead atoms. The minimum absolute atomic E-state index is 0.362. The van der Waals surface area contributed by atoms with Crippen molar-refractivity contribution in [1.82, 2.24) is 10.2 Å². The first-order chi connectivity index (χ1) is 8.83. The third-order valence-corrected chi connectivity index (χ3v) is 5.09. The molecule has 3 heteroatoms. The number of nitrogens with zero attached hydrogens (tertiary/aromatic N) is 1. The van der Waals surface area contributed by atoms with Crippen LogP contribution in [0.2, 0.25) is 0 Å². The second-order valence-corrected chi connectivity index (χ2v) is 6.38. The molecule has 0 aromatic rings. The van der Waals surface area contributed by atoms with Crippen molar-refractivity contribution in [2.45, 2.75) is 69.9 Å². The van der Waals surface area contributed by atoms with Crippen molar-refractivity contribution in [3.8, 4) is 0 Å². The molecule has 18 heavy (non-hydrogen) atoms. The Hall–Kier alpha value is -0.570. The second kappa shape index (κ2) is 5.60. The van der Waals surface area contributed by atoms with Crippen molar-refractivity contribution < 1.29 is 4.79 Å². The van der Waals surface area contributed by atoms with Crippen LogP contribution in [0.15, 0.2) is 0 Å². The van der Waals surface area contributed by atoms with Gasteiger partial charge in [0, 0.05) is 31.1 Å². The van der Waals surface area contributed by atoms with Crippen LogP contribution < -0.4 is 5.32 Å². The Morgan fingerprint density at radius 2 is 1.44 bits per heavy atom. The smallest absolute Gasteiger partial charge is 0.225 e. The summed E-state index contributed by atoms with van der Waals surface area (Å²) in [4.78, 5) is 14.4. The van der Waals surface area contributed by atoms with E-state index in [1.807, 2.05) is 0 Å². The molecule has 0 spiro atoms. The molecule has 1 N–H and O–H groups in total. The van der Waals surface area contributed by atoms with Gasteiger partial charge in [0.1, 0.15) is 0 Å². The quantitative estimate of drug-likeness (QED) is 0.833. The van der Waals surface area contributed by atoms with Gasteiger partial charge in [0.25, 0.3) is 0 Å². The van der Waals surface area contributed by atoms with Gasteiger partial charge in [0.05, 0.1) is 0 Å². The van der Waals surface area contributed by atoms with E-state index in [9.17, 15) is 4.79 Å². The summed E-state index contributed by atoms with van der Waals surface area (Å²) in [7, 11) is 0. The Morgan fingerprint density at radius 3 is 2.00 bits per heavy atom. The molecule has 0 atom stereocenters. The lowest BCUT2D eigenvalue weighted by Crippen LogP contribution is -2.50. The standard InChI is InChI=1S/C15H26N2O/c18-15(12-4-1-2-5-12)17-10-8-14(9-11-17)16-13-6-3-7-13/h12-14,16H,1-11H2. The molecule has 102 valence electrons. The highest BCUT2D eigenvalue weighted by molar-refractivity contribution is 5.79. The van der Waals surface area contributed by atoms with Gasteiger partial charge in [-0.25, -0.2) is 0 Å². The van der Waals surface area contributed by atoms with Gasteiger partial charge in [-0.05, 0) is 38.5 Å². The van der Waals surface area contributed by atoms with E-state index in [0.29, 0.717) is 17.9 Å². The summed E-state index contributed by atoms with van der Waals surface area (Å²) in [5.74, 6) is 0.815. The van der Waals surface area contributed by atoms with Crippen LogP contribution in [0.1, 0.15) is 57.8 Å². The van der Waals surface area contributed by atoms with E-state index in [1.165, 1.54) is 32.1 Å². The number of carbonyl (C=O) groups excluding carboxylic acids is 1. The summed E-state index contributed by atoms with van der Waals surface area (Å²) in [6, 6.07) is 1.45. The highest BCUT2D eigenvalue weighted by Crippen LogP contribution is 2.28. The molecule has 0 unspecified atom stereocenters. The van der Waals surface area contributed by atoms with Gasteiger partial charge in [0.15, 0.2) is 0 Å². The molecule has 3 fully saturated rings. The van der Waals surface area contributed by atoms with E-state index >= 15 is 0 Å². The highest BCUT2D eigenvalue weighted by atomic mass is 16.2. The van der Waals surface area contributed by atoms with Gasteiger partial charge in [-0.1, -0.05) is 19.3 Å². The normalized spacial score (nSPS) is 27.4. The minimum atomic E-state index is 0.362. The maximum atomic E-state index is 12.3. The monoisotopic (exact) mass is 250 g/mol. The van der Waals surface area contributed by atoms with Crippen molar-refractivity contribution in [3.63, 3.8) is 0 Å². The number of likely N-dealkylation sites (tertiary alicyclic amines) is 1. The van der Waals surface area contributed by atoms with E-state index in [0.717, 1.165) is 44.8 Å². The molecule has 1 aliphatic heterocycles. The fourth-order valence-corrected chi connectivity index (χ4v) is 3.61. The topological polar surface area (TPSA) is 32.3 Å². The number of piperidine rings is 1. The van der Waals surface area contributed by atoms with E-state index in [4.69, 9.17) is 0 Å². The van der Waals surface area contributed by atoms with Crippen LogP contribution >= 0.6 is 0 Å². The molecule has 2 aliphatic carbocycles. The predicted molar refractivity (Wildman–Crippen MR) is 72.3 cm³/mol. The van der Waals surface area contributed by atoms with Crippen LogP contribution in [-0.4, -0.2) is 36.0 Å². The molecular formula is C15H26N2O. The lowest BCUT2D eigenvalue weighted by molar-refractivity contribution is -0.136. The Labute approximate surface area is 110 Å². The number of amides is 1. The van der Waals surface area contributed by atoms with Crippen molar-refractivity contribution >= 4 is 5.91 Å². The number of carbonyl (C=O) groups is 1. The molecule has 3 nitrogen and oxygen atoms in total. The molecule has 0 radical (unpaired) electrons. The number of nitrogens with one attached hydrogen (secondary N) is 1. The van der Waals surface area contributed by atoms with E-state index in [2.05, 4.69) is 10.2 Å². The van der Waals surface area contributed by atoms with E-state index in [1.54, 1.807) is 0 Å². The largest absolute Gasteiger partial charge is 0.342 e. The molecule has 2 saturated carbocycles. The highest BCUT2D eigenvalue weighted by Gasteiger charge is 2.31. The van der Waals surface area contributed by atoms with Gasteiger partial charge >= 0.3 is 0 Å². The zero-order valence-electron chi connectivity index (χ0n) is 11.4. The fraction of sp³-hybridized carbons (Fsp3) is 0.933. The SMILES string of the molecule is O=C(C1CCCC1)N1CCC(NC2CCC2)CC1. The van der Waals surface area contributed by atoms with E-state index in [-0.39, 0.29) is 0 Å². The average molecular weight is 250 g/mol. The van der Waals surface area contributed by atoms with Gasteiger partial charge in [-0.2, -0.15) is 0 Å². The third-order valence-electron chi connectivity index (χ3n) is 5.09. The first kappa shape index (κ1) is 12.5. The van der Waals surface area contributed by atoms with Crippen LogP contribution in [0, 0.1) is 5.92 Å². The second-order valence-electron chi connectivity index (χ2n) is 6.38. The van der Waals surface area contributed by atoms with Crippen molar-refractivity contribution in [2.75, 3.05) is 13.1 Å². The van der Waals surface area contributed by atoms with E-state index < -0.39 is 0 Å². The number of hydrogen-bond acceptors (Lipinski definition) is 2. The summed E-state index contributed by atoms with van der Waals surface area (Å²) in [5.41, 5.74) is 0. The average Bonchev–Trinajstić information content (AvgIpc) is 2.87. The lowest BCUT2D eigenvalue weighted by atomic mass is 9.91. The molecule has 1 saturated heterocycles. The van der Waals surface area contributed by atoms with Crippen LogP contribution in [0.25, 0.3) is 0 Å². The Balaban J connectivity index is 1.42. The first-order valence-corrected chi connectivity index (χ1v) is 7.88.